The smallest absolute Gasteiger partial charge is 0.326 e. The van der Waals surface area contributed by atoms with Crippen LogP contribution in [0.2, 0.25) is 0 Å². The van der Waals surface area contributed by atoms with E-state index in [2.05, 4.69) is 16.9 Å². The van der Waals surface area contributed by atoms with Gasteiger partial charge in [-0.2, -0.15) is 11.3 Å². The van der Waals surface area contributed by atoms with Gasteiger partial charge in [0.1, 0.15) is 15.9 Å². The van der Waals surface area contributed by atoms with E-state index in [1.807, 2.05) is 16.8 Å². The second-order valence-electron chi connectivity index (χ2n) is 4.33. The van der Waals surface area contributed by atoms with Crippen LogP contribution in [0, 0.1) is 6.92 Å². The Morgan fingerprint density at radius 3 is 2.90 bits per heavy atom. The van der Waals surface area contributed by atoms with Crippen molar-refractivity contribution in [1.82, 2.24) is 10.3 Å². The van der Waals surface area contributed by atoms with Crippen molar-refractivity contribution in [1.29, 1.82) is 0 Å². The fourth-order valence-corrected chi connectivity index (χ4v) is 3.41. The Bertz CT molecular complexity index is 662. The van der Waals surface area contributed by atoms with Crippen molar-refractivity contribution in [2.24, 2.45) is 0 Å². The van der Waals surface area contributed by atoms with Gasteiger partial charge in [0.15, 0.2) is 0 Å². The maximum atomic E-state index is 12.2. The van der Waals surface area contributed by atoms with Gasteiger partial charge in [0, 0.05) is 10.9 Å². The largest absolute Gasteiger partial charge is 0.480 e. The molecule has 0 fully saturated rings. The number of rotatable bonds is 6. The molecule has 2 aromatic rings. The molecule has 0 aliphatic rings. The number of aromatic nitrogens is 1. The fraction of sp³-hybridized carbons (Fsp3) is 0.214. The van der Waals surface area contributed by atoms with E-state index >= 15 is 0 Å². The summed E-state index contributed by atoms with van der Waals surface area (Å²) in [4.78, 5) is 28.1. The van der Waals surface area contributed by atoms with E-state index in [4.69, 9.17) is 5.11 Å². The van der Waals surface area contributed by atoms with Gasteiger partial charge in [-0.25, -0.2) is 9.78 Å². The van der Waals surface area contributed by atoms with E-state index in [9.17, 15) is 9.59 Å². The maximum Gasteiger partial charge on any atom is 0.326 e. The zero-order valence-corrected chi connectivity index (χ0v) is 13.0. The number of nitrogens with zero attached hydrogens (tertiary/aromatic N) is 1. The van der Waals surface area contributed by atoms with Crippen molar-refractivity contribution in [2.75, 3.05) is 0 Å². The summed E-state index contributed by atoms with van der Waals surface area (Å²) in [6.45, 7) is 5.24. The van der Waals surface area contributed by atoms with Gasteiger partial charge in [-0.1, -0.05) is 6.08 Å². The summed E-state index contributed by atoms with van der Waals surface area (Å²) in [6, 6.07) is 0.962. The van der Waals surface area contributed by atoms with Gasteiger partial charge in [0.25, 0.3) is 5.91 Å². The highest BCUT2D eigenvalue weighted by atomic mass is 32.1. The number of nitrogens with one attached hydrogen (secondary N) is 1. The summed E-state index contributed by atoms with van der Waals surface area (Å²) < 4.78 is 0. The van der Waals surface area contributed by atoms with E-state index in [1.165, 1.54) is 17.4 Å². The van der Waals surface area contributed by atoms with Crippen LogP contribution in [0.25, 0.3) is 10.6 Å². The Morgan fingerprint density at radius 2 is 2.33 bits per heavy atom. The number of carbonyl (C=O) groups is 2. The Morgan fingerprint density at radius 1 is 1.57 bits per heavy atom. The highest BCUT2D eigenvalue weighted by molar-refractivity contribution is 7.17. The molecule has 5 nitrogen and oxygen atoms in total. The third-order valence-electron chi connectivity index (χ3n) is 2.78. The zero-order chi connectivity index (χ0) is 15.4. The molecule has 21 heavy (non-hydrogen) atoms. The summed E-state index contributed by atoms with van der Waals surface area (Å²) in [5.41, 5.74) is 1.56. The minimum atomic E-state index is -1.08. The van der Waals surface area contributed by atoms with Crippen molar-refractivity contribution < 1.29 is 14.7 Å². The normalized spacial score (nSPS) is 11.9. The summed E-state index contributed by atoms with van der Waals surface area (Å²) in [6.07, 6.45) is 1.64. The van der Waals surface area contributed by atoms with E-state index in [1.54, 1.807) is 18.3 Å². The van der Waals surface area contributed by atoms with Crippen molar-refractivity contribution in [3.8, 4) is 10.6 Å². The molecule has 1 amide bonds. The number of aryl methyl sites for hydroxylation is 1. The van der Waals surface area contributed by atoms with Gasteiger partial charge in [-0.3, -0.25) is 4.79 Å². The van der Waals surface area contributed by atoms with Crippen LogP contribution in [0.4, 0.5) is 0 Å². The van der Waals surface area contributed by atoms with Gasteiger partial charge < -0.3 is 10.4 Å². The molecule has 0 radical (unpaired) electrons. The molecule has 2 heterocycles. The molecule has 2 rings (SSSR count). The number of hydrogen-bond acceptors (Lipinski definition) is 5. The third kappa shape index (κ3) is 3.56. The summed E-state index contributed by atoms with van der Waals surface area (Å²) in [5, 5.41) is 16.2. The molecule has 1 unspecified atom stereocenters. The molecule has 0 aromatic carbocycles. The molecule has 0 saturated carbocycles. The zero-order valence-electron chi connectivity index (χ0n) is 11.3. The van der Waals surface area contributed by atoms with Gasteiger partial charge in [0.05, 0.1) is 5.69 Å². The number of carboxylic acid groups (broad SMARTS) is 1. The summed E-state index contributed by atoms with van der Waals surface area (Å²) in [7, 11) is 0. The average molecular weight is 322 g/mol. The third-order valence-corrected chi connectivity index (χ3v) is 4.67. The first kappa shape index (κ1) is 15.4. The van der Waals surface area contributed by atoms with E-state index < -0.39 is 17.9 Å². The second kappa shape index (κ2) is 6.64. The first-order chi connectivity index (χ1) is 10.0. The Hall–Kier alpha value is -1.99. The molecule has 2 aromatic heterocycles. The van der Waals surface area contributed by atoms with Crippen LogP contribution in [0.1, 0.15) is 21.8 Å². The number of hydrogen-bond donors (Lipinski definition) is 2. The van der Waals surface area contributed by atoms with E-state index in [-0.39, 0.29) is 6.42 Å². The highest BCUT2D eigenvalue weighted by Crippen LogP contribution is 2.29. The molecule has 0 aliphatic heterocycles. The van der Waals surface area contributed by atoms with Crippen molar-refractivity contribution in [3.05, 3.63) is 40.1 Å². The Balaban J connectivity index is 2.19. The maximum absolute atomic E-state index is 12.2. The molecule has 0 aliphatic carbocycles. The van der Waals surface area contributed by atoms with Crippen LogP contribution in [0.15, 0.2) is 29.5 Å². The number of thiazole rings is 1. The molecule has 0 saturated heterocycles. The molecule has 7 heteroatoms. The predicted octanol–water partition coefficient (Wildman–Crippen LogP) is 2.94. The molecule has 2 N–H and O–H groups in total. The topological polar surface area (TPSA) is 79.3 Å². The van der Waals surface area contributed by atoms with Gasteiger partial charge in [0.2, 0.25) is 0 Å². The number of thiophene rings is 1. The molecule has 1 atom stereocenters. The lowest BCUT2D eigenvalue weighted by molar-refractivity contribution is -0.139. The lowest BCUT2D eigenvalue weighted by Crippen LogP contribution is -2.40. The Labute approximate surface area is 130 Å². The number of carboxylic acids is 1. The monoisotopic (exact) mass is 322 g/mol. The van der Waals surface area contributed by atoms with E-state index in [0.717, 1.165) is 10.6 Å². The average Bonchev–Trinajstić information content (AvgIpc) is 3.06. The van der Waals surface area contributed by atoms with E-state index in [0.29, 0.717) is 10.6 Å². The molecular formula is C14H14N2O3S2. The summed E-state index contributed by atoms with van der Waals surface area (Å²) >= 11 is 2.82. The molecule has 0 spiro atoms. The van der Waals surface area contributed by atoms with Crippen molar-refractivity contribution >= 4 is 34.6 Å². The molecular weight excluding hydrogens is 308 g/mol. The Kier molecular flexibility index (Phi) is 4.87. The second-order valence-corrected chi connectivity index (χ2v) is 6.11. The van der Waals surface area contributed by atoms with Gasteiger partial charge in [-0.15, -0.1) is 17.9 Å². The minimum absolute atomic E-state index is 0.177. The molecule has 0 bridgehead atoms. The lowest BCUT2D eigenvalue weighted by atomic mass is 10.2. The van der Waals surface area contributed by atoms with Crippen LogP contribution in [-0.4, -0.2) is 28.0 Å². The number of amides is 1. The lowest BCUT2D eigenvalue weighted by Gasteiger charge is -2.11. The molecule has 110 valence electrons. The van der Waals surface area contributed by atoms with Gasteiger partial charge in [-0.05, 0) is 24.8 Å². The van der Waals surface area contributed by atoms with Crippen LogP contribution in [0.3, 0.4) is 0 Å². The van der Waals surface area contributed by atoms with Crippen molar-refractivity contribution in [2.45, 2.75) is 19.4 Å². The standard InChI is InChI=1S/C14H14N2O3S2/c1-3-4-10(14(18)19)16-12(17)11-8(2)15-13(21-11)9-5-6-20-7-9/h3,5-7,10H,1,4H2,2H3,(H,16,17)(H,18,19). The number of carbonyl (C=O) groups excluding carboxylic acids is 1. The highest BCUT2D eigenvalue weighted by Gasteiger charge is 2.22. The summed E-state index contributed by atoms with van der Waals surface area (Å²) in [5.74, 6) is -1.50. The quantitative estimate of drug-likeness (QED) is 0.801. The van der Waals surface area contributed by atoms with Crippen LogP contribution < -0.4 is 5.32 Å². The van der Waals surface area contributed by atoms with Gasteiger partial charge >= 0.3 is 5.97 Å². The number of aliphatic carboxylic acids is 1. The van der Waals surface area contributed by atoms with Crippen LogP contribution in [0.5, 0.6) is 0 Å². The SMILES string of the molecule is C=CCC(NC(=O)c1sc(-c2ccsc2)nc1C)C(=O)O. The predicted molar refractivity (Wildman–Crippen MR) is 83.9 cm³/mol. The first-order valence-electron chi connectivity index (χ1n) is 6.17. The van der Waals surface area contributed by atoms with Crippen LogP contribution >= 0.6 is 22.7 Å². The van der Waals surface area contributed by atoms with Crippen LogP contribution in [-0.2, 0) is 4.79 Å². The van der Waals surface area contributed by atoms with Crippen molar-refractivity contribution in [3.63, 3.8) is 0 Å². The fourth-order valence-electron chi connectivity index (χ4n) is 1.73. The minimum Gasteiger partial charge on any atom is -0.480 e. The first-order valence-corrected chi connectivity index (χ1v) is 7.93.